The van der Waals surface area contributed by atoms with Gasteiger partial charge in [-0.25, -0.2) is 14.6 Å². The van der Waals surface area contributed by atoms with E-state index in [0.717, 1.165) is 6.20 Å². The summed E-state index contributed by atoms with van der Waals surface area (Å²) in [5.41, 5.74) is -0.494. The van der Waals surface area contributed by atoms with E-state index in [2.05, 4.69) is 15.1 Å². The summed E-state index contributed by atoms with van der Waals surface area (Å²) in [7, 11) is 0. The van der Waals surface area contributed by atoms with E-state index in [1.165, 1.54) is 6.92 Å². The highest BCUT2D eigenvalue weighted by Gasteiger charge is 2.13. The van der Waals surface area contributed by atoms with Crippen molar-refractivity contribution in [1.29, 1.82) is 0 Å². The van der Waals surface area contributed by atoms with Crippen molar-refractivity contribution < 1.29 is 9.90 Å². The normalized spacial score (nSPS) is 11.4. The SMILES string of the molecule is CC(=NN)c1[nH]c(=O)ncc1C(=O)O. The molecule has 0 spiro atoms. The lowest BCUT2D eigenvalue weighted by Gasteiger charge is -2.02. The van der Waals surface area contributed by atoms with Crippen LogP contribution in [-0.2, 0) is 0 Å². The van der Waals surface area contributed by atoms with E-state index in [-0.39, 0.29) is 17.0 Å². The number of nitrogens with one attached hydrogen (secondary N) is 1. The number of carbonyl (C=O) groups is 1. The fourth-order valence-corrected chi connectivity index (χ4v) is 0.906. The Bertz CT molecular complexity index is 448. The molecule has 0 aliphatic rings. The van der Waals surface area contributed by atoms with Gasteiger partial charge >= 0.3 is 11.7 Å². The van der Waals surface area contributed by atoms with Crippen LogP contribution in [0, 0.1) is 0 Å². The van der Waals surface area contributed by atoms with Crippen molar-refractivity contribution in [1.82, 2.24) is 9.97 Å². The number of carboxylic acid groups (broad SMARTS) is 1. The summed E-state index contributed by atoms with van der Waals surface area (Å²) in [5, 5.41) is 12.0. The average molecular weight is 196 g/mol. The molecule has 14 heavy (non-hydrogen) atoms. The molecule has 0 aliphatic heterocycles. The van der Waals surface area contributed by atoms with Crippen molar-refractivity contribution in [2.24, 2.45) is 10.9 Å². The minimum atomic E-state index is -1.20. The van der Waals surface area contributed by atoms with Crippen LogP contribution in [-0.4, -0.2) is 26.8 Å². The first-order valence-electron chi connectivity index (χ1n) is 3.63. The summed E-state index contributed by atoms with van der Waals surface area (Å²) in [6.07, 6.45) is 0.963. The van der Waals surface area contributed by atoms with E-state index >= 15 is 0 Å². The largest absolute Gasteiger partial charge is 0.478 e. The van der Waals surface area contributed by atoms with E-state index in [1.54, 1.807) is 0 Å². The highest BCUT2D eigenvalue weighted by molar-refractivity contribution is 6.05. The Morgan fingerprint density at radius 1 is 1.71 bits per heavy atom. The molecule has 1 aromatic heterocycles. The zero-order valence-corrected chi connectivity index (χ0v) is 7.31. The quantitative estimate of drug-likeness (QED) is 0.323. The van der Waals surface area contributed by atoms with Crippen molar-refractivity contribution in [3.63, 3.8) is 0 Å². The van der Waals surface area contributed by atoms with Gasteiger partial charge in [0, 0.05) is 6.20 Å². The number of nitrogens with zero attached hydrogens (tertiary/aromatic N) is 2. The summed E-state index contributed by atoms with van der Waals surface area (Å²) in [6, 6.07) is 0. The zero-order valence-electron chi connectivity index (χ0n) is 7.31. The summed E-state index contributed by atoms with van der Waals surface area (Å²) >= 11 is 0. The number of aromatic amines is 1. The van der Waals surface area contributed by atoms with Gasteiger partial charge in [0.15, 0.2) is 0 Å². The van der Waals surface area contributed by atoms with E-state index in [0.29, 0.717) is 0 Å². The standard InChI is InChI=1S/C7H8N4O3/c1-3(11-8)5-4(6(12)13)2-9-7(14)10-5/h2H,8H2,1H3,(H,12,13)(H,9,10,14). The first-order valence-corrected chi connectivity index (χ1v) is 3.63. The van der Waals surface area contributed by atoms with Crippen LogP contribution >= 0.6 is 0 Å². The number of nitrogens with two attached hydrogens (primary N) is 1. The minimum Gasteiger partial charge on any atom is -0.478 e. The van der Waals surface area contributed by atoms with Crippen LogP contribution in [0.15, 0.2) is 16.1 Å². The summed E-state index contributed by atoms with van der Waals surface area (Å²) in [4.78, 5) is 27.1. The molecule has 0 unspecified atom stereocenters. The molecule has 1 heterocycles. The summed E-state index contributed by atoms with van der Waals surface area (Å²) < 4.78 is 0. The van der Waals surface area contributed by atoms with Crippen LogP contribution in [0.2, 0.25) is 0 Å². The number of hydrogen-bond donors (Lipinski definition) is 3. The highest BCUT2D eigenvalue weighted by atomic mass is 16.4. The molecule has 0 radical (unpaired) electrons. The van der Waals surface area contributed by atoms with Crippen molar-refractivity contribution in [2.75, 3.05) is 0 Å². The molecule has 74 valence electrons. The molecule has 0 aliphatic carbocycles. The van der Waals surface area contributed by atoms with Gasteiger partial charge in [0.1, 0.15) is 5.56 Å². The summed E-state index contributed by atoms with van der Waals surface area (Å²) in [5.74, 6) is 3.77. The first kappa shape index (κ1) is 9.90. The van der Waals surface area contributed by atoms with Gasteiger partial charge < -0.3 is 15.9 Å². The number of hydrazone groups is 1. The van der Waals surface area contributed by atoms with Crippen LogP contribution in [0.1, 0.15) is 23.0 Å². The second kappa shape index (κ2) is 3.69. The molecule has 0 atom stereocenters. The topological polar surface area (TPSA) is 121 Å². The van der Waals surface area contributed by atoms with Gasteiger partial charge in [-0.05, 0) is 6.92 Å². The number of rotatable bonds is 2. The molecule has 7 nitrogen and oxygen atoms in total. The molecule has 0 saturated heterocycles. The van der Waals surface area contributed by atoms with Gasteiger partial charge in [-0.2, -0.15) is 5.10 Å². The van der Waals surface area contributed by atoms with Crippen molar-refractivity contribution in [2.45, 2.75) is 6.92 Å². The monoisotopic (exact) mass is 196 g/mol. The van der Waals surface area contributed by atoms with E-state index in [9.17, 15) is 9.59 Å². The highest BCUT2D eigenvalue weighted by Crippen LogP contribution is 2.02. The molecule has 0 amide bonds. The maximum absolute atomic E-state index is 10.8. The van der Waals surface area contributed by atoms with E-state index in [1.807, 2.05) is 0 Å². The van der Waals surface area contributed by atoms with E-state index < -0.39 is 11.7 Å². The molecule has 4 N–H and O–H groups in total. The third kappa shape index (κ3) is 1.76. The Labute approximate surface area is 78.3 Å². The van der Waals surface area contributed by atoms with Crippen molar-refractivity contribution >= 4 is 11.7 Å². The molecule has 1 rings (SSSR count). The molecule has 7 heteroatoms. The Morgan fingerprint density at radius 2 is 2.36 bits per heavy atom. The second-order valence-corrected chi connectivity index (χ2v) is 2.50. The number of carboxylic acids is 1. The Morgan fingerprint density at radius 3 is 2.86 bits per heavy atom. The van der Waals surface area contributed by atoms with Gasteiger partial charge in [0.25, 0.3) is 0 Å². The fourth-order valence-electron chi connectivity index (χ4n) is 0.906. The van der Waals surface area contributed by atoms with Crippen LogP contribution < -0.4 is 11.5 Å². The van der Waals surface area contributed by atoms with Crippen molar-refractivity contribution in [3.05, 3.63) is 27.9 Å². The van der Waals surface area contributed by atoms with Gasteiger partial charge in [0.2, 0.25) is 0 Å². The lowest BCUT2D eigenvalue weighted by Crippen LogP contribution is -2.20. The molecular formula is C7H8N4O3. The fraction of sp³-hybridized carbons (Fsp3) is 0.143. The average Bonchev–Trinajstić information content (AvgIpc) is 2.16. The third-order valence-electron chi connectivity index (χ3n) is 1.60. The predicted octanol–water partition coefficient (Wildman–Crippen LogP) is -0.849. The molecule has 0 saturated carbocycles. The molecule has 0 bridgehead atoms. The Balaban J connectivity index is 3.45. The lowest BCUT2D eigenvalue weighted by molar-refractivity contribution is 0.0695. The van der Waals surface area contributed by atoms with Crippen LogP contribution in [0.3, 0.4) is 0 Å². The van der Waals surface area contributed by atoms with Gasteiger partial charge in [-0.3, -0.25) is 0 Å². The smallest absolute Gasteiger partial charge is 0.345 e. The number of aromatic nitrogens is 2. The number of aromatic carboxylic acids is 1. The molecule has 0 fully saturated rings. The first-order chi connectivity index (χ1) is 6.56. The Kier molecular flexibility index (Phi) is 2.61. The van der Waals surface area contributed by atoms with Crippen LogP contribution in [0.5, 0.6) is 0 Å². The van der Waals surface area contributed by atoms with Crippen LogP contribution in [0.25, 0.3) is 0 Å². The van der Waals surface area contributed by atoms with Crippen molar-refractivity contribution in [3.8, 4) is 0 Å². The molecule has 1 aromatic rings. The third-order valence-corrected chi connectivity index (χ3v) is 1.60. The van der Waals surface area contributed by atoms with Gasteiger partial charge in [-0.15, -0.1) is 0 Å². The Hall–Kier alpha value is -2.18. The maximum Gasteiger partial charge on any atom is 0.345 e. The predicted molar refractivity (Wildman–Crippen MR) is 48.2 cm³/mol. The molecule has 0 aromatic carbocycles. The number of hydrogen-bond acceptors (Lipinski definition) is 5. The minimum absolute atomic E-state index is 0.0694. The lowest BCUT2D eigenvalue weighted by atomic mass is 10.2. The zero-order chi connectivity index (χ0) is 10.7. The summed E-state index contributed by atoms with van der Waals surface area (Å²) in [6.45, 7) is 1.48. The van der Waals surface area contributed by atoms with Gasteiger partial charge in [-0.1, -0.05) is 0 Å². The van der Waals surface area contributed by atoms with Crippen LogP contribution in [0.4, 0.5) is 0 Å². The second-order valence-electron chi connectivity index (χ2n) is 2.50. The molecular weight excluding hydrogens is 188 g/mol. The number of H-pyrrole nitrogens is 1. The van der Waals surface area contributed by atoms with Gasteiger partial charge in [0.05, 0.1) is 11.4 Å². The van der Waals surface area contributed by atoms with E-state index in [4.69, 9.17) is 10.9 Å². The maximum atomic E-state index is 10.8.